The molecule has 1 aliphatic rings. The van der Waals surface area contributed by atoms with Gasteiger partial charge in [0, 0.05) is 25.2 Å². The van der Waals surface area contributed by atoms with Gasteiger partial charge in [0.25, 0.3) is 5.91 Å². The Balaban J connectivity index is 1.58. The summed E-state index contributed by atoms with van der Waals surface area (Å²) >= 11 is 0. The van der Waals surface area contributed by atoms with Crippen molar-refractivity contribution in [3.05, 3.63) is 65.7 Å². The van der Waals surface area contributed by atoms with E-state index in [2.05, 4.69) is 17.4 Å². The van der Waals surface area contributed by atoms with Gasteiger partial charge in [-0.3, -0.25) is 4.79 Å². The molecule has 0 bridgehead atoms. The lowest BCUT2D eigenvalue weighted by Gasteiger charge is -2.26. The highest BCUT2D eigenvalue weighted by Gasteiger charge is 2.26. The molecule has 1 aliphatic heterocycles. The van der Waals surface area contributed by atoms with Gasteiger partial charge in [-0.2, -0.15) is 4.31 Å². The van der Waals surface area contributed by atoms with Crippen LogP contribution in [0.2, 0.25) is 0 Å². The second kappa shape index (κ2) is 9.12. The van der Waals surface area contributed by atoms with Crippen LogP contribution >= 0.6 is 0 Å². The molecule has 0 saturated carbocycles. The van der Waals surface area contributed by atoms with Crippen molar-refractivity contribution in [2.75, 3.05) is 32.8 Å². The average Bonchev–Trinajstić information content (AvgIpc) is 2.72. The van der Waals surface area contributed by atoms with E-state index in [1.54, 1.807) is 12.1 Å². The summed E-state index contributed by atoms with van der Waals surface area (Å²) in [4.78, 5) is 12.5. The van der Waals surface area contributed by atoms with E-state index in [1.807, 2.05) is 18.2 Å². The lowest BCUT2D eigenvalue weighted by Crippen LogP contribution is -2.40. The Bertz CT molecular complexity index is 863. The molecule has 0 unspecified atom stereocenters. The van der Waals surface area contributed by atoms with Gasteiger partial charge in [0.1, 0.15) is 0 Å². The van der Waals surface area contributed by atoms with Crippen LogP contribution in [0.5, 0.6) is 0 Å². The number of morpholine rings is 1. The van der Waals surface area contributed by atoms with Crippen molar-refractivity contribution in [2.24, 2.45) is 0 Å². The number of carbonyl (C=O) groups is 1. The van der Waals surface area contributed by atoms with Crippen molar-refractivity contribution in [3.8, 4) is 0 Å². The van der Waals surface area contributed by atoms with Gasteiger partial charge in [-0.15, -0.1) is 0 Å². The number of aryl methyl sites for hydroxylation is 1. The SMILES string of the molecule is O=C(NCCCc1ccccc1)c1cccc(S(=O)(=O)N2CCOCC2)c1. The van der Waals surface area contributed by atoms with Crippen molar-refractivity contribution < 1.29 is 17.9 Å². The Morgan fingerprint density at radius 3 is 2.52 bits per heavy atom. The summed E-state index contributed by atoms with van der Waals surface area (Å²) in [5.41, 5.74) is 1.58. The second-order valence-corrected chi connectivity index (χ2v) is 8.33. The number of sulfonamides is 1. The van der Waals surface area contributed by atoms with Crippen molar-refractivity contribution in [3.63, 3.8) is 0 Å². The molecule has 0 radical (unpaired) electrons. The van der Waals surface area contributed by atoms with Crippen LogP contribution in [-0.2, 0) is 21.2 Å². The molecule has 0 spiro atoms. The van der Waals surface area contributed by atoms with Crippen LogP contribution in [0.1, 0.15) is 22.3 Å². The lowest BCUT2D eigenvalue weighted by atomic mass is 10.1. The number of ether oxygens (including phenoxy) is 1. The minimum absolute atomic E-state index is 0.140. The first-order chi connectivity index (χ1) is 13.1. The predicted molar refractivity (Wildman–Crippen MR) is 103 cm³/mol. The fraction of sp³-hybridized carbons (Fsp3) is 0.350. The Kier molecular flexibility index (Phi) is 6.60. The number of nitrogens with one attached hydrogen (secondary N) is 1. The van der Waals surface area contributed by atoms with E-state index < -0.39 is 10.0 Å². The highest BCUT2D eigenvalue weighted by atomic mass is 32.2. The lowest BCUT2D eigenvalue weighted by molar-refractivity contribution is 0.0730. The number of hydrogen-bond acceptors (Lipinski definition) is 4. The van der Waals surface area contributed by atoms with Crippen LogP contribution in [0.25, 0.3) is 0 Å². The van der Waals surface area contributed by atoms with Crippen LogP contribution in [0.4, 0.5) is 0 Å². The Hall–Kier alpha value is -2.22. The van der Waals surface area contributed by atoms with Crippen LogP contribution in [-0.4, -0.2) is 51.5 Å². The fourth-order valence-electron chi connectivity index (χ4n) is 2.97. The third kappa shape index (κ3) is 5.15. The molecule has 2 aromatic rings. The van der Waals surface area contributed by atoms with Gasteiger partial charge in [-0.1, -0.05) is 36.4 Å². The monoisotopic (exact) mass is 388 g/mol. The van der Waals surface area contributed by atoms with Gasteiger partial charge >= 0.3 is 0 Å². The number of carbonyl (C=O) groups excluding carboxylic acids is 1. The van der Waals surface area contributed by atoms with Gasteiger partial charge in [0.2, 0.25) is 10.0 Å². The molecule has 1 saturated heterocycles. The summed E-state index contributed by atoms with van der Waals surface area (Å²) in [7, 11) is -3.61. The van der Waals surface area contributed by atoms with E-state index in [0.29, 0.717) is 38.4 Å². The van der Waals surface area contributed by atoms with E-state index >= 15 is 0 Å². The number of nitrogens with zero attached hydrogens (tertiary/aromatic N) is 1. The number of hydrogen-bond donors (Lipinski definition) is 1. The molecule has 3 rings (SSSR count). The largest absolute Gasteiger partial charge is 0.379 e. The van der Waals surface area contributed by atoms with Gasteiger partial charge in [0.05, 0.1) is 18.1 Å². The van der Waals surface area contributed by atoms with Crippen molar-refractivity contribution in [1.29, 1.82) is 0 Å². The molecule has 7 heteroatoms. The van der Waals surface area contributed by atoms with Crippen LogP contribution in [0, 0.1) is 0 Å². The van der Waals surface area contributed by atoms with Gasteiger partial charge < -0.3 is 10.1 Å². The number of rotatable bonds is 7. The number of benzene rings is 2. The molecule has 1 amide bonds. The molecule has 1 N–H and O–H groups in total. The molecule has 27 heavy (non-hydrogen) atoms. The summed E-state index contributed by atoms with van der Waals surface area (Å²) in [5, 5.41) is 2.86. The Morgan fingerprint density at radius 1 is 1.04 bits per heavy atom. The third-order valence-corrected chi connectivity index (χ3v) is 6.37. The van der Waals surface area contributed by atoms with Crippen LogP contribution in [0.15, 0.2) is 59.5 Å². The maximum Gasteiger partial charge on any atom is 0.251 e. The first kappa shape index (κ1) is 19.5. The maximum atomic E-state index is 12.7. The molecule has 2 aromatic carbocycles. The highest BCUT2D eigenvalue weighted by molar-refractivity contribution is 7.89. The number of amides is 1. The van der Waals surface area contributed by atoms with E-state index in [-0.39, 0.29) is 10.8 Å². The van der Waals surface area contributed by atoms with E-state index in [1.165, 1.54) is 22.0 Å². The first-order valence-corrected chi connectivity index (χ1v) is 10.5. The van der Waals surface area contributed by atoms with Crippen molar-refractivity contribution >= 4 is 15.9 Å². The quantitative estimate of drug-likeness (QED) is 0.737. The Morgan fingerprint density at radius 2 is 1.78 bits per heavy atom. The Labute approximate surface area is 160 Å². The second-order valence-electron chi connectivity index (χ2n) is 6.39. The standard InChI is InChI=1S/C20H24N2O4S/c23-20(21-11-5-8-17-6-2-1-3-7-17)18-9-4-10-19(16-18)27(24,25)22-12-14-26-15-13-22/h1-4,6-7,9-10,16H,5,8,11-15H2,(H,21,23). The van der Waals surface area contributed by atoms with Crippen molar-refractivity contribution in [1.82, 2.24) is 9.62 Å². The zero-order valence-electron chi connectivity index (χ0n) is 15.1. The smallest absolute Gasteiger partial charge is 0.251 e. The molecule has 1 heterocycles. The topological polar surface area (TPSA) is 75.7 Å². The van der Waals surface area contributed by atoms with Gasteiger partial charge in [-0.25, -0.2) is 8.42 Å². The van der Waals surface area contributed by atoms with E-state index in [9.17, 15) is 13.2 Å². The van der Waals surface area contributed by atoms with Gasteiger partial charge in [0.15, 0.2) is 0 Å². The zero-order valence-corrected chi connectivity index (χ0v) is 16.0. The molecule has 0 aromatic heterocycles. The average molecular weight is 388 g/mol. The van der Waals surface area contributed by atoms with Crippen LogP contribution < -0.4 is 5.32 Å². The zero-order chi connectivity index (χ0) is 19.1. The normalized spacial score (nSPS) is 15.4. The third-order valence-electron chi connectivity index (χ3n) is 4.47. The molecule has 0 atom stereocenters. The molecule has 1 fully saturated rings. The summed E-state index contributed by atoms with van der Waals surface area (Å²) in [5.74, 6) is -0.262. The minimum atomic E-state index is -3.61. The molecule has 144 valence electrons. The molecule has 6 nitrogen and oxygen atoms in total. The summed E-state index contributed by atoms with van der Waals surface area (Å²) in [6.45, 7) is 1.98. The van der Waals surface area contributed by atoms with E-state index in [0.717, 1.165) is 12.8 Å². The molecular formula is C20H24N2O4S. The summed E-state index contributed by atoms with van der Waals surface area (Å²) in [6.07, 6.45) is 1.70. The van der Waals surface area contributed by atoms with Gasteiger partial charge in [-0.05, 0) is 36.6 Å². The molecular weight excluding hydrogens is 364 g/mol. The fourth-order valence-corrected chi connectivity index (χ4v) is 4.43. The first-order valence-electron chi connectivity index (χ1n) is 9.07. The summed E-state index contributed by atoms with van der Waals surface area (Å²) in [6, 6.07) is 16.3. The predicted octanol–water partition coefficient (Wildman–Crippen LogP) is 2.07. The summed E-state index contributed by atoms with van der Waals surface area (Å²) < 4.78 is 32.0. The highest BCUT2D eigenvalue weighted by Crippen LogP contribution is 2.18. The maximum absolute atomic E-state index is 12.7. The van der Waals surface area contributed by atoms with E-state index in [4.69, 9.17) is 4.74 Å². The molecule has 0 aliphatic carbocycles. The van der Waals surface area contributed by atoms with Crippen LogP contribution in [0.3, 0.4) is 0 Å². The minimum Gasteiger partial charge on any atom is -0.379 e. The van der Waals surface area contributed by atoms with Crippen molar-refractivity contribution in [2.45, 2.75) is 17.7 Å².